The van der Waals surface area contributed by atoms with Gasteiger partial charge in [-0.05, 0) is 46.8 Å². The van der Waals surface area contributed by atoms with Crippen molar-refractivity contribution in [3.63, 3.8) is 0 Å². The summed E-state index contributed by atoms with van der Waals surface area (Å²) in [6.07, 6.45) is 4.16. The minimum Gasteiger partial charge on any atom is -0.350 e. The highest BCUT2D eigenvalue weighted by Gasteiger charge is 2.29. The lowest BCUT2D eigenvalue weighted by Gasteiger charge is -2.09. The first-order chi connectivity index (χ1) is 7.66. The van der Waals surface area contributed by atoms with Gasteiger partial charge in [0.05, 0.1) is 0 Å². The third-order valence-electron chi connectivity index (χ3n) is 2.55. The fraction of sp³-hybridized carbons (Fsp3) is 0.455. The molecule has 0 saturated heterocycles. The van der Waals surface area contributed by atoms with Gasteiger partial charge in [-0.15, -0.1) is 0 Å². The van der Waals surface area contributed by atoms with Crippen LogP contribution in [0.25, 0.3) is 0 Å². The molecule has 0 aliphatic heterocycles. The van der Waals surface area contributed by atoms with Crippen LogP contribution in [-0.2, 0) is 0 Å². The van der Waals surface area contributed by atoms with Gasteiger partial charge in [0.25, 0.3) is 5.91 Å². The minimum absolute atomic E-state index is 0.113. The highest BCUT2D eigenvalue weighted by Crippen LogP contribution is 2.36. The van der Waals surface area contributed by atoms with Gasteiger partial charge in [0.2, 0.25) is 0 Å². The number of carbonyl (C=O) groups excluding carboxylic acids is 1. The largest absolute Gasteiger partial charge is 0.350 e. The van der Waals surface area contributed by atoms with Gasteiger partial charge in [0, 0.05) is 22.0 Å². The maximum atomic E-state index is 11.7. The summed E-state index contributed by atoms with van der Waals surface area (Å²) in [4.78, 5) is 16.1. The molecule has 2 rings (SSSR count). The number of nitrogens with one attached hydrogen (secondary N) is 1. The summed E-state index contributed by atoms with van der Waals surface area (Å²) < 4.78 is 0.875. The quantitative estimate of drug-likeness (QED) is 0.851. The Kier molecular flexibility index (Phi) is 3.97. The average Bonchev–Trinajstić information content (AvgIpc) is 3.10. The van der Waals surface area contributed by atoms with Crippen LogP contribution in [0.15, 0.2) is 22.8 Å². The summed E-state index contributed by atoms with van der Waals surface area (Å²) in [5.74, 6) is 0.621. The topological polar surface area (TPSA) is 42.0 Å². The predicted octanol–water partition coefficient (Wildman–Crippen LogP) is 2.75. The van der Waals surface area contributed by atoms with E-state index in [1.54, 1.807) is 12.3 Å². The Hall–Kier alpha value is -0.420. The third-order valence-corrected chi connectivity index (χ3v) is 4.09. The van der Waals surface area contributed by atoms with Crippen LogP contribution >= 0.6 is 31.9 Å². The number of rotatable bonds is 4. The molecule has 1 aliphatic rings. The fourth-order valence-electron chi connectivity index (χ4n) is 1.42. The third kappa shape index (κ3) is 3.28. The second kappa shape index (κ2) is 5.27. The first kappa shape index (κ1) is 12.0. The second-order valence-corrected chi connectivity index (χ2v) is 6.02. The van der Waals surface area contributed by atoms with E-state index < -0.39 is 0 Å². The van der Waals surface area contributed by atoms with Crippen LogP contribution in [-0.4, -0.2) is 22.3 Å². The number of pyridine rings is 1. The molecule has 1 fully saturated rings. The molecule has 0 spiro atoms. The maximum absolute atomic E-state index is 11.7. The van der Waals surface area contributed by atoms with Gasteiger partial charge in [0.15, 0.2) is 0 Å². The Bertz CT molecular complexity index is 376. The maximum Gasteiger partial charge on any atom is 0.269 e. The zero-order valence-electron chi connectivity index (χ0n) is 8.62. The summed E-state index contributed by atoms with van der Waals surface area (Å²) in [6, 6.07) is 3.52. The Balaban J connectivity index is 1.85. The van der Waals surface area contributed by atoms with Crippen molar-refractivity contribution in [3.8, 4) is 0 Å². The molecule has 1 amide bonds. The van der Waals surface area contributed by atoms with E-state index in [1.807, 2.05) is 6.07 Å². The van der Waals surface area contributed by atoms with Gasteiger partial charge in [-0.2, -0.15) is 0 Å². The molecule has 1 heterocycles. The normalized spacial score (nSPS) is 16.9. The molecule has 1 aliphatic carbocycles. The first-order valence-corrected chi connectivity index (χ1v) is 6.91. The second-order valence-electron chi connectivity index (χ2n) is 3.93. The van der Waals surface area contributed by atoms with Gasteiger partial charge in [0.1, 0.15) is 5.69 Å². The number of aromatic nitrogens is 1. The van der Waals surface area contributed by atoms with Crippen molar-refractivity contribution in [1.82, 2.24) is 10.3 Å². The molecule has 1 saturated carbocycles. The number of hydrogen-bond donors (Lipinski definition) is 1. The number of carbonyl (C=O) groups is 1. The number of amides is 1. The zero-order valence-corrected chi connectivity index (χ0v) is 11.8. The molecule has 5 heteroatoms. The van der Waals surface area contributed by atoms with E-state index in [0.717, 1.165) is 10.4 Å². The van der Waals surface area contributed by atoms with Crippen LogP contribution < -0.4 is 5.32 Å². The zero-order chi connectivity index (χ0) is 11.5. The van der Waals surface area contributed by atoms with Crippen LogP contribution in [0.5, 0.6) is 0 Å². The van der Waals surface area contributed by atoms with E-state index in [4.69, 9.17) is 0 Å². The molecule has 0 radical (unpaired) electrons. The lowest BCUT2D eigenvalue weighted by Crippen LogP contribution is -2.30. The summed E-state index contributed by atoms with van der Waals surface area (Å²) in [5, 5.41) is 2.88. The van der Waals surface area contributed by atoms with Crippen molar-refractivity contribution in [2.24, 2.45) is 5.92 Å². The molecule has 3 nitrogen and oxygen atoms in total. The Morgan fingerprint density at radius 3 is 2.88 bits per heavy atom. The van der Waals surface area contributed by atoms with Crippen LogP contribution in [0.3, 0.4) is 0 Å². The van der Waals surface area contributed by atoms with Gasteiger partial charge in [-0.3, -0.25) is 4.79 Å². The molecule has 1 N–H and O–H groups in total. The molecule has 1 atom stereocenters. The molecular formula is C11H12Br2N2O. The van der Waals surface area contributed by atoms with Crippen LogP contribution in [0, 0.1) is 5.92 Å². The Labute approximate surface area is 111 Å². The summed E-state index contributed by atoms with van der Waals surface area (Å²) >= 11 is 6.86. The molecule has 1 aromatic rings. The van der Waals surface area contributed by atoms with Gasteiger partial charge in [-0.25, -0.2) is 4.98 Å². The Morgan fingerprint density at radius 1 is 1.56 bits per heavy atom. The number of alkyl halides is 1. The van der Waals surface area contributed by atoms with Gasteiger partial charge in [-0.1, -0.05) is 15.9 Å². The van der Waals surface area contributed by atoms with Crippen molar-refractivity contribution in [3.05, 3.63) is 28.5 Å². The van der Waals surface area contributed by atoms with Crippen molar-refractivity contribution in [2.75, 3.05) is 6.54 Å². The molecular weight excluding hydrogens is 336 g/mol. The van der Waals surface area contributed by atoms with E-state index in [-0.39, 0.29) is 5.91 Å². The highest BCUT2D eigenvalue weighted by molar-refractivity contribution is 9.10. The lowest BCUT2D eigenvalue weighted by atomic mass is 10.3. The first-order valence-electron chi connectivity index (χ1n) is 5.20. The minimum atomic E-state index is -0.113. The number of nitrogens with zero attached hydrogens (tertiary/aromatic N) is 1. The van der Waals surface area contributed by atoms with Crippen molar-refractivity contribution < 1.29 is 4.79 Å². The van der Waals surface area contributed by atoms with Gasteiger partial charge >= 0.3 is 0 Å². The molecule has 16 heavy (non-hydrogen) atoms. The van der Waals surface area contributed by atoms with Crippen molar-refractivity contribution in [1.29, 1.82) is 0 Å². The smallest absolute Gasteiger partial charge is 0.269 e. The average molecular weight is 348 g/mol. The lowest BCUT2D eigenvalue weighted by molar-refractivity contribution is 0.0948. The van der Waals surface area contributed by atoms with Crippen LogP contribution in [0.2, 0.25) is 0 Å². The summed E-state index contributed by atoms with van der Waals surface area (Å²) in [5.41, 5.74) is 0.457. The fourth-order valence-corrected chi connectivity index (χ4v) is 2.34. The molecule has 0 aromatic carbocycles. The molecule has 1 aromatic heterocycles. The number of hydrogen-bond acceptors (Lipinski definition) is 2. The van der Waals surface area contributed by atoms with Gasteiger partial charge < -0.3 is 5.32 Å². The van der Waals surface area contributed by atoms with Crippen molar-refractivity contribution in [2.45, 2.75) is 17.7 Å². The standard InChI is InChI=1S/C11H12Br2N2O/c12-8-3-4-10(14-5-8)11(16)15-6-9(13)7-1-2-7/h3-5,7,9H,1-2,6H2,(H,15,16). The summed E-state index contributed by atoms with van der Waals surface area (Å²) in [6.45, 7) is 0.668. The van der Waals surface area contributed by atoms with E-state index >= 15 is 0 Å². The van der Waals surface area contributed by atoms with Crippen molar-refractivity contribution >= 4 is 37.8 Å². The summed E-state index contributed by atoms with van der Waals surface area (Å²) in [7, 11) is 0. The van der Waals surface area contributed by atoms with E-state index in [2.05, 4.69) is 42.2 Å². The van der Waals surface area contributed by atoms with E-state index in [0.29, 0.717) is 17.1 Å². The van der Waals surface area contributed by atoms with E-state index in [9.17, 15) is 4.79 Å². The van der Waals surface area contributed by atoms with Crippen LogP contribution in [0.1, 0.15) is 23.3 Å². The highest BCUT2D eigenvalue weighted by atomic mass is 79.9. The predicted molar refractivity (Wildman–Crippen MR) is 69.7 cm³/mol. The Morgan fingerprint density at radius 2 is 2.31 bits per heavy atom. The number of halogens is 2. The van der Waals surface area contributed by atoms with E-state index in [1.165, 1.54) is 12.8 Å². The molecule has 1 unspecified atom stereocenters. The molecule has 86 valence electrons. The SMILES string of the molecule is O=C(NCC(Br)C1CC1)c1ccc(Br)cn1. The van der Waals surface area contributed by atoms with Crippen LogP contribution in [0.4, 0.5) is 0 Å². The molecule has 0 bridgehead atoms. The monoisotopic (exact) mass is 346 g/mol.